The van der Waals surface area contributed by atoms with Crippen LogP contribution in [0.5, 0.6) is 5.75 Å². The first-order chi connectivity index (χ1) is 9.16. The first-order valence-electron chi connectivity index (χ1n) is 6.41. The van der Waals surface area contributed by atoms with Gasteiger partial charge in [-0.2, -0.15) is 0 Å². The molecule has 19 heavy (non-hydrogen) atoms. The van der Waals surface area contributed by atoms with Crippen molar-refractivity contribution in [2.24, 2.45) is 11.8 Å². The van der Waals surface area contributed by atoms with Gasteiger partial charge in [-0.05, 0) is 12.5 Å². The molecule has 0 bridgehead atoms. The number of aliphatic carboxylic acids is 1. The number of para-hydroxylation sites is 1. The molecule has 1 saturated carbocycles. The number of hydrogen-bond acceptors (Lipinski definition) is 3. The molecule has 0 aromatic heterocycles. The second-order valence-corrected chi connectivity index (χ2v) is 5.02. The first-order valence-corrected chi connectivity index (χ1v) is 6.41. The summed E-state index contributed by atoms with van der Waals surface area (Å²) in [4.78, 5) is 22.7. The third-order valence-electron chi connectivity index (χ3n) is 3.72. The minimum absolute atomic E-state index is 0.0764. The van der Waals surface area contributed by atoms with Crippen LogP contribution in [0.4, 0.5) is 0 Å². The van der Waals surface area contributed by atoms with Crippen molar-refractivity contribution in [3.05, 3.63) is 29.8 Å². The number of rotatable bonds is 3. The first kappa shape index (κ1) is 12.0. The van der Waals surface area contributed by atoms with Gasteiger partial charge in [-0.25, -0.2) is 0 Å². The molecule has 5 nitrogen and oxygen atoms in total. The van der Waals surface area contributed by atoms with Gasteiger partial charge >= 0.3 is 5.97 Å². The molecule has 3 unspecified atom stereocenters. The molecule has 1 aromatic carbocycles. The van der Waals surface area contributed by atoms with Crippen molar-refractivity contribution in [3.63, 3.8) is 0 Å². The van der Waals surface area contributed by atoms with Gasteiger partial charge in [0.15, 0.2) is 0 Å². The number of carboxylic acid groups (broad SMARTS) is 1. The number of fused-ring (bicyclic) bond motifs is 1. The van der Waals surface area contributed by atoms with Gasteiger partial charge in [-0.15, -0.1) is 0 Å². The van der Waals surface area contributed by atoms with E-state index in [4.69, 9.17) is 9.84 Å². The Labute approximate surface area is 110 Å². The molecule has 100 valence electrons. The lowest BCUT2D eigenvalue weighted by atomic mass is 10.0. The predicted molar refractivity (Wildman–Crippen MR) is 66.7 cm³/mol. The number of nitrogens with one attached hydrogen (secondary N) is 1. The number of amides is 1. The molecule has 1 amide bonds. The SMILES string of the molecule is O=C(O)C1CC1C(=O)NC1CCOc2ccccc21. The van der Waals surface area contributed by atoms with E-state index >= 15 is 0 Å². The van der Waals surface area contributed by atoms with Crippen LogP contribution in [0.15, 0.2) is 24.3 Å². The monoisotopic (exact) mass is 261 g/mol. The van der Waals surface area contributed by atoms with Crippen LogP contribution in [0.3, 0.4) is 0 Å². The summed E-state index contributed by atoms with van der Waals surface area (Å²) in [7, 11) is 0. The molecule has 2 aliphatic rings. The van der Waals surface area contributed by atoms with Crippen LogP contribution in [0, 0.1) is 11.8 Å². The standard InChI is InChI=1S/C14H15NO4/c16-13(9-7-10(9)14(17)18)15-11-5-6-19-12-4-2-1-3-8(11)12/h1-4,9-11H,5-7H2,(H,15,16)(H,17,18). The molecule has 5 heteroatoms. The summed E-state index contributed by atoms with van der Waals surface area (Å²) in [6, 6.07) is 7.53. The Bertz CT molecular complexity index is 528. The van der Waals surface area contributed by atoms with Crippen LogP contribution < -0.4 is 10.1 Å². The average molecular weight is 261 g/mol. The molecule has 3 rings (SSSR count). The van der Waals surface area contributed by atoms with Gasteiger partial charge in [0.1, 0.15) is 5.75 Å². The topological polar surface area (TPSA) is 75.6 Å². The Hall–Kier alpha value is -2.04. The van der Waals surface area contributed by atoms with Crippen LogP contribution in [-0.2, 0) is 9.59 Å². The summed E-state index contributed by atoms with van der Waals surface area (Å²) < 4.78 is 5.53. The Morgan fingerprint density at radius 3 is 2.79 bits per heavy atom. The minimum Gasteiger partial charge on any atom is -0.493 e. The maximum absolute atomic E-state index is 12.0. The lowest BCUT2D eigenvalue weighted by molar-refractivity contribution is -0.140. The number of ether oxygens (including phenoxy) is 1. The minimum atomic E-state index is -0.882. The van der Waals surface area contributed by atoms with Crippen LogP contribution in [0.25, 0.3) is 0 Å². The van der Waals surface area contributed by atoms with E-state index in [1.807, 2.05) is 24.3 Å². The molecule has 0 saturated heterocycles. The van der Waals surface area contributed by atoms with E-state index in [0.717, 1.165) is 11.3 Å². The second-order valence-electron chi connectivity index (χ2n) is 5.02. The van der Waals surface area contributed by atoms with Crippen molar-refractivity contribution >= 4 is 11.9 Å². The van der Waals surface area contributed by atoms with Gasteiger partial charge in [-0.3, -0.25) is 9.59 Å². The third-order valence-corrected chi connectivity index (χ3v) is 3.72. The molecule has 1 aliphatic heterocycles. The van der Waals surface area contributed by atoms with Crippen LogP contribution in [-0.4, -0.2) is 23.6 Å². The van der Waals surface area contributed by atoms with Crippen LogP contribution in [0.1, 0.15) is 24.4 Å². The second kappa shape index (κ2) is 4.57. The fourth-order valence-corrected chi connectivity index (χ4v) is 2.53. The molecule has 3 atom stereocenters. The highest BCUT2D eigenvalue weighted by molar-refractivity contribution is 5.89. The summed E-state index contributed by atoms with van der Waals surface area (Å²) in [6.45, 7) is 0.564. The van der Waals surface area contributed by atoms with E-state index in [1.54, 1.807) is 0 Å². The Balaban J connectivity index is 1.68. The van der Waals surface area contributed by atoms with Gasteiger partial charge in [-0.1, -0.05) is 18.2 Å². The zero-order valence-corrected chi connectivity index (χ0v) is 10.3. The van der Waals surface area contributed by atoms with Gasteiger partial charge in [0.25, 0.3) is 0 Å². The Morgan fingerprint density at radius 2 is 2.05 bits per heavy atom. The Morgan fingerprint density at radius 1 is 1.26 bits per heavy atom. The summed E-state index contributed by atoms with van der Waals surface area (Å²) in [6.07, 6.45) is 1.17. The van der Waals surface area contributed by atoms with Gasteiger partial charge in [0.2, 0.25) is 5.91 Å². The highest BCUT2D eigenvalue weighted by atomic mass is 16.5. The molecular weight excluding hydrogens is 246 g/mol. The molecular formula is C14H15NO4. The van der Waals surface area contributed by atoms with E-state index in [-0.39, 0.29) is 17.9 Å². The molecule has 1 aromatic rings. The summed E-state index contributed by atoms with van der Waals surface area (Å²) in [5.74, 6) is -1.12. The number of carbonyl (C=O) groups is 2. The van der Waals surface area contributed by atoms with E-state index in [1.165, 1.54) is 0 Å². The van der Waals surface area contributed by atoms with Crippen molar-refractivity contribution in [2.75, 3.05) is 6.61 Å². The predicted octanol–water partition coefficient (Wildman–Crippen LogP) is 1.35. The summed E-state index contributed by atoms with van der Waals surface area (Å²) in [5, 5.41) is 11.8. The fraction of sp³-hybridized carbons (Fsp3) is 0.429. The third kappa shape index (κ3) is 2.28. The van der Waals surface area contributed by atoms with Crippen molar-refractivity contribution < 1.29 is 19.4 Å². The lowest BCUT2D eigenvalue weighted by Crippen LogP contribution is -2.33. The fourth-order valence-electron chi connectivity index (χ4n) is 2.53. The van der Waals surface area contributed by atoms with Crippen molar-refractivity contribution in [3.8, 4) is 5.75 Å². The summed E-state index contributed by atoms with van der Waals surface area (Å²) in [5.41, 5.74) is 0.967. The summed E-state index contributed by atoms with van der Waals surface area (Å²) >= 11 is 0. The molecule has 1 aliphatic carbocycles. The highest BCUT2D eigenvalue weighted by Gasteiger charge is 2.48. The van der Waals surface area contributed by atoms with Crippen LogP contribution in [0.2, 0.25) is 0 Å². The Kier molecular flexibility index (Phi) is 2.89. The molecule has 1 fully saturated rings. The zero-order valence-electron chi connectivity index (χ0n) is 10.3. The number of benzene rings is 1. The smallest absolute Gasteiger partial charge is 0.307 e. The van der Waals surface area contributed by atoms with Gasteiger partial charge in [0, 0.05) is 12.0 Å². The number of carbonyl (C=O) groups excluding carboxylic acids is 1. The van der Waals surface area contributed by atoms with E-state index < -0.39 is 11.9 Å². The highest BCUT2D eigenvalue weighted by Crippen LogP contribution is 2.40. The van der Waals surface area contributed by atoms with Gasteiger partial charge < -0.3 is 15.2 Å². The van der Waals surface area contributed by atoms with Crippen molar-refractivity contribution in [2.45, 2.75) is 18.9 Å². The van der Waals surface area contributed by atoms with Gasteiger partial charge in [0.05, 0.1) is 24.5 Å². The molecule has 0 spiro atoms. The lowest BCUT2D eigenvalue weighted by Gasteiger charge is -2.26. The quantitative estimate of drug-likeness (QED) is 0.861. The molecule has 2 N–H and O–H groups in total. The largest absolute Gasteiger partial charge is 0.493 e. The zero-order chi connectivity index (χ0) is 13.4. The number of hydrogen-bond donors (Lipinski definition) is 2. The maximum atomic E-state index is 12.0. The maximum Gasteiger partial charge on any atom is 0.307 e. The molecule has 0 radical (unpaired) electrons. The van der Waals surface area contributed by atoms with Crippen molar-refractivity contribution in [1.29, 1.82) is 0 Å². The van der Waals surface area contributed by atoms with Crippen LogP contribution >= 0.6 is 0 Å². The molecule has 1 heterocycles. The normalized spacial score (nSPS) is 27.9. The number of carboxylic acids is 1. The van der Waals surface area contributed by atoms with Crippen molar-refractivity contribution in [1.82, 2.24) is 5.32 Å². The van der Waals surface area contributed by atoms with E-state index in [0.29, 0.717) is 19.4 Å². The van der Waals surface area contributed by atoms with E-state index in [9.17, 15) is 9.59 Å². The average Bonchev–Trinajstić information content (AvgIpc) is 3.19. The van der Waals surface area contributed by atoms with E-state index in [2.05, 4.69) is 5.32 Å².